The molecule has 5 heterocycles. The van der Waals surface area contributed by atoms with E-state index in [0.29, 0.717) is 68.7 Å². The topological polar surface area (TPSA) is 83.0 Å². The fraction of sp³-hybridized carbons (Fsp3) is 0.459. The Labute approximate surface area is 288 Å². The predicted molar refractivity (Wildman–Crippen MR) is 186 cm³/mol. The molecular formula is C37H36Cl2FN5O3. The van der Waals surface area contributed by atoms with Crippen molar-refractivity contribution in [3.63, 3.8) is 0 Å². The zero-order valence-electron chi connectivity index (χ0n) is 26.4. The van der Waals surface area contributed by atoms with Gasteiger partial charge in [0.1, 0.15) is 17.1 Å². The molecule has 4 saturated heterocycles. The largest absolute Gasteiger partial charge is 0.508 e. The number of piperazine rings is 1. The first-order chi connectivity index (χ1) is 23.3. The number of hydrogen-bond acceptors (Lipinski definition) is 8. The lowest BCUT2D eigenvalue weighted by molar-refractivity contribution is 0.131. The van der Waals surface area contributed by atoms with Crippen LogP contribution in [0.5, 0.6) is 11.8 Å². The molecule has 5 aliphatic rings. The fourth-order valence-electron chi connectivity index (χ4n) is 8.58. The SMILES string of the molecule is C#Cc1c(Cl)ccc2cc(O)cc(-c3c(Cl)cc4c(N5CC6CCC(C5)N6)nc(OCC5(CN6C[C@H]7COC[C@H]7C6)CC5)nc4c3F)c12. The quantitative estimate of drug-likeness (QED) is 0.221. The van der Waals surface area contributed by atoms with E-state index in [1.54, 1.807) is 24.3 Å². The second-order valence-electron chi connectivity index (χ2n) is 14.5. The Morgan fingerprint density at radius 2 is 1.79 bits per heavy atom. The molecule has 9 rings (SSSR count). The molecule has 8 nitrogen and oxygen atoms in total. The Morgan fingerprint density at radius 3 is 2.50 bits per heavy atom. The molecular weight excluding hydrogens is 652 g/mol. The molecule has 4 atom stereocenters. The number of phenolic OH excluding ortho intramolecular Hbond substituents is 1. The van der Waals surface area contributed by atoms with Crippen molar-refractivity contribution in [2.75, 3.05) is 57.4 Å². The summed E-state index contributed by atoms with van der Waals surface area (Å²) in [5, 5.41) is 16.5. The molecule has 2 bridgehead atoms. The third kappa shape index (κ3) is 5.24. The molecule has 5 fully saturated rings. The summed E-state index contributed by atoms with van der Waals surface area (Å²) in [6.45, 7) is 6.79. The number of benzene rings is 3. The van der Waals surface area contributed by atoms with Gasteiger partial charge >= 0.3 is 6.01 Å². The van der Waals surface area contributed by atoms with Gasteiger partial charge in [-0.2, -0.15) is 9.97 Å². The summed E-state index contributed by atoms with van der Waals surface area (Å²) in [7, 11) is 0. The van der Waals surface area contributed by atoms with Crippen LogP contribution in [-0.2, 0) is 4.74 Å². The smallest absolute Gasteiger partial charge is 0.319 e. The van der Waals surface area contributed by atoms with Crippen molar-refractivity contribution < 1.29 is 19.0 Å². The Morgan fingerprint density at radius 1 is 1.04 bits per heavy atom. The van der Waals surface area contributed by atoms with Crippen LogP contribution in [-0.4, -0.2) is 84.6 Å². The van der Waals surface area contributed by atoms with Gasteiger partial charge in [0.2, 0.25) is 0 Å². The minimum atomic E-state index is -0.633. The Balaban J connectivity index is 1.13. The van der Waals surface area contributed by atoms with E-state index in [1.807, 2.05) is 0 Å². The van der Waals surface area contributed by atoms with E-state index in [1.165, 1.54) is 6.07 Å². The molecule has 48 heavy (non-hydrogen) atoms. The third-order valence-electron chi connectivity index (χ3n) is 11.2. The maximum atomic E-state index is 17.1. The van der Waals surface area contributed by atoms with E-state index >= 15 is 4.39 Å². The molecule has 4 aliphatic heterocycles. The van der Waals surface area contributed by atoms with Crippen LogP contribution in [0.15, 0.2) is 30.3 Å². The Kier molecular flexibility index (Phi) is 7.41. The van der Waals surface area contributed by atoms with Crippen LogP contribution in [0.4, 0.5) is 10.2 Å². The number of aromatic nitrogens is 2. The van der Waals surface area contributed by atoms with E-state index in [4.69, 9.17) is 49.1 Å². The molecule has 1 aliphatic carbocycles. The third-order valence-corrected chi connectivity index (χ3v) is 11.8. The molecule has 4 aromatic rings. The van der Waals surface area contributed by atoms with Crippen LogP contribution in [0.3, 0.4) is 0 Å². The molecule has 2 unspecified atom stereocenters. The van der Waals surface area contributed by atoms with Gasteiger partial charge in [-0.3, -0.25) is 0 Å². The molecule has 1 aromatic heterocycles. The highest BCUT2D eigenvalue weighted by Gasteiger charge is 2.48. The van der Waals surface area contributed by atoms with E-state index in [2.05, 4.69) is 21.0 Å². The average molecular weight is 689 g/mol. The number of anilines is 1. The van der Waals surface area contributed by atoms with Gasteiger partial charge in [0.25, 0.3) is 0 Å². The molecule has 1 saturated carbocycles. The molecule has 11 heteroatoms. The number of ether oxygens (including phenoxy) is 2. The summed E-state index contributed by atoms with van der Waals surface area (Å²) in [6, 6.07) is 9.01. The number of nitrogens with one attached hydrogen (secondary N) is 1. The number of nitrogens with zero attached hydrogens (tertiary/aromatic N) is 4. The number of phenols is 1. The first kappa shape index (κ1) is 30.7. The first-order valence-corrected chi connectivity index (χ1v) is 17.6. The average Bonchev–Trinajstić information content (AvgIpc) is 3.31. The van der Waals surface area contributed by atoms with Crippen LogP contribution in [0.2, 0.25) is 10.0 Å². The van der Waals surface area contributed by atoms with Crippen LogP contribution in [0, 0.1) is 35.4 Å². The monoisotopic (exact) mass is 687 g/mol. The number of rotatable bonds is 7. The number of aromatic hydroxyl groups is 1. The molecule has 248 valence electrons. The summed E-state index contributed by atoms with van der Waals surface area (Å²) >= 11 is 13.5. The van der Waals surface area contributed by atoms with E-state index in [-0.39, 0.29) is 33.3 Å². The van der Waals surface area contributed by atoms with E-state index in [0.717, 1.165) is 71.6 Å². The number of halogens is 3. The van der Waals surface area contributed by atoms with Crippen molar-refractivity contribution in [1.29, 1.82) is 0 Å². The number of fused-ring (bicyclic) bond motifs is 5. The lowest BCUT2D eigenvalue weighted by Gasteiger charge is -2.34. The highest BCUT2D eigenvalue weighted by Crippen LogP contribution is 2.48. The van der Waals surface area contributed by atoms with Gasteiger partial charge in [0.15, 0.2) is 5.82 Å². The molecule has 0 amide bonds. The number of likely N-dealkylation sites (tertiary alicyclic amines) is 1. The number of hydrogen-bond donors (Lipinski definition) is 2. The highest BCUT2D eigenvalue weighted by molar-refractivity contribution is 6.36. The normalized spacial score (nSPS) is 25.9. The maximum absolute atomic E-state index is 17.1. The van der Waals surface area contributed by atoms with Crippen LogP contribution in [0.25, 0.3) is 32.8 Å². The van der Waals surface area contributed by atoms with Gasteiger partial charge in [0.05, 0.1) is 35.4 Å². The minimum Gasteiger partial charge on any atom is -0.508 e. The van der Waals surface area contributed by atoms with Crippen molar-refractivity contribution in [3.05, 3.63) is 51.8 Å². The lowest BCUT2D eigenvalue weighted by Crippen LogP contribution is -2.51. The van der Waals surface area contributed by atoms with Crippen molar-refractivity contribution in [1.82, 2.24) is 20.2 Å². The highest BCUT2D eigenvalue weighted by atomic mass is 35.5. The predicted octanol–water partition coefficient (Wildman–Crippen LogP) is 6.26. The minimum absolute atomic E-state index is 0.0429. The Hall–Kier alpha value is -3.39. The van der Waals surface area contributed by atoms with Gasteiger partial charge in [-0.1, -0.05) is 35.2 Å². The van der Waals surface area contributed by atoms with Gasteiger partial charge in [-0.15, -0.1) is 6.42 Å². The van der Waals surface area contributed by atoms with Crippen LogP contribution >= 0.6 is 23.2 Å². The molecule has 0 spiro atoms. The summed E-state index contributed by atoms with van der Waals surface area (Å²) in [6.07, 6.45) is 10.2. The van der Waals surface area contributed by atoms with Gasteiger partial charge in [-0.25, -0.2) is 4.39 Å². The van der Waals surface area contributed by atoms with Crippen molar-refractivity contribution >= 4 is 50.7 Å². The van der Waals surface area contributed by atoms with Crippen molar-refractivity contribution in [2.24, 2.45) is 17.3 Å². The first-order valence-electron chi connectivity index (χ1n) is 16.8. The Bertz CT molecular complexity index is 1990. The lowest BCUT2D eigenvalue weighted by atomic mass is 9.93. The summed E-state index contributed by atoms with van der Waals surface area (Å²) < 4.78 is 29.2. The molecule has 0 radical (unpaired) electrons. The van der Waals surface area contributed by atoms with Crippen LogP contribution < -0.4 is 15.0 Å². The molecule has 3 aromatic carbocycles. The zero-order valence-corrected chi connectivity index (χ0v) is 28.0. The summed E-state index contributed by atoms with van der Waals surface area (Å²) in [5.74, 6) is 3.83. The second-order valence-corrected chi connectivity index (χ2v) is 15.3. The van der Waals surface area contributed by atoms with Gasteiger partial charge < -0.3 is 29.7 Å². The standard InChI is InChI=1S/C37H36Cl2FN5O3/c1-2-26-29(38)6-3-20-9-25(46)10-27(31(20)26)32-30(39)11-28-34(33(32)40)42-36(43-35(28)45-14-23-4-5-24(15-45)41-23)48-19-37(7-8-37)18-44-12-21-16-47-17-22(21)13-44/h1,3,6,9-11,21-24,41,46H,4-5,7-8,12-19H2/t21-,22+,23?,24?. The van der Waals surface area contributed by atoms with Crippen LogP contribution in [0.1, 0.15) is 31.2 Å². The van der Waals surface area contributed by atoms with Crippen molar-refractivity contribution in [2.45, 2.75) is 37.8 Å². The zero-order chi connectivity index (χ0) is 32.7. The van der Waals surface area contributed by atoms with Gasteiger partial charge in [0, 0.05) is 78.4 Å². The van der Waals surface area contributed by atoms with E-state index < -0.39 is 5.82 Å². The summed E-state index contributed by atoms with van der Waals surface area (Å²) in [4.78, 5) is 14.4. The van der Waals surface area contributed by atoms with Crippen molar-refractivity contribution in [3.8, 4) is 35.2 Å². The number of terminal acetylenes is 1. The summed E-state index contributed by atoms with van der Waals surface area (Å²) in [5.41, 5.74) is 0.972. The van der Waals surface area contributed by atoms with E-state index in [9.17, 15) is 5.11 Å². The molecule has 2 N–H and O–H groups in total. The maximum Gasteiger partial charge on any atom is 0.319 e. The van der Waals surface area contributed by atoms with Gasteiger partial charge in [-0.05, 0) is 60.9 Å². The fourth-order valence-corrected chi connectivity index (χ4v) is 9.08. The second kappa shape index (κ2) is 11.6.